The molecule has 0 aliphatic rings. The molecule has 0 spiro atoms. The normalized spacial score (nSPS) is 10.7. The van der Waals surface area contributed by atoms with Gasteiger partial charge in [0, 0.05) is 17.1 Å². The number of carbonyl (C=O) groups excluding carboxylic acids is 2. The molecule has 0 fully saturated rings. The van der Waals surface area contributed by atoms with Gasteiger partial charge in [-0.1, -0.05) is 50.6 Å². The number of rotatable bonds is 8. The van der Waals surface area contributed by atoms with Crippen molar-refractivity contribution >= 4 is 34.2 Å². The lowest BCUT2D eigenvalue weighted by Crippen LogP contribution is -2.23. The Morgan fingerprint density at radius 2 is 1.88 bits per heavy atom. The highest BCUT2D eigenvalue weighted by molar-refractivity contribution is 6.06. The van der Waals surface area contributed by atoms with E-state index in [-0.39, 0.29) is 11.4 Å². The van der Waals surface area contributed by atoms with E-state index < -0.39 is 23.4 Å². The molecule has 3 rings (SSSR count). The molecule has 0 saturated heterocycles. The number of amides is 1. The lowest BCUT2D eigenvalue weighted by atomic mass is 9.96. The van der Waals surface area contributed by atoms with E-state index in [0.717, 1.165) is 24.1 Å². The van der Waals surface area contributed by atoms with Crippen LogP contribution < -0.4 is 5.32 Å². The van der Waals surface area contributed by atoms with E-state index in [1.54, 1.807) is 13.0 Å². The Balaban J connectivity index is 1.85. The Labute approximate surface area is 185 Å². The highest BCUT2D eigenvalue weighted by Crippen LogP contribution is 2.28. The van der Waals surface area contributed by atoms with E-state index in [1.807, 2.05) is 38.1 Å². The summed E-state index contributed by atoms with van der Waals surface area (Å²) < 4.78 is 5.34. The second-order valence-electron chi connectivity index (χ2n) is 7.38. The summed E-state index contributed by atoms with van der Waals surface area (Å²) in [4.78, 5) is 40.9. The molecule has 0 radical (unpaired) electrons. The van der Waals surface area contributed by atoms with E-state index in [4.69, 9.17) is 9.72 Å². The van der Waals surface area contributed by atoms with Crippen LogP contribution in [0.25, 0.3) is 10.9 Å². The van der Waals surface area contributed by atoms with Gasteiger partial charge in [-0.3, -0.25) is 19.9 Å². The van der Waals surface area contributed by atoms with Gasteiger partial charge in [-0.05, 0) is 37.0 Å². The number of para-hydroxylation sites is 2. The maximum absolute atomic E-state index is 13.1. The first-order valence-corrected chi connectivity index (χ1v) is 10.5. The Kier molecular flexibility index (Phi) is 7.14. The van der Waals surface area contributed by atoms with E-state index in [1.165, 1.54) is 12.1 Å². The minimum Gasteiger partial charge on any atom is -0.452 e. The average Bonchev–Trinajstić information content (AvgIpc) is 2.77. The molecule has 0 aliphatic heterocycles. The van der Waals surface area contributed by atoms with E-state index >= 15 is 0 Å². The number of aromatic nitrogens is 1. The Bertz CT molecular complexity index is 1190. The van der Waals surface area contributed by atoms with Crippen molar-refractivity contribution in [1.82, 2.24) is 4.98 Å². The second-order valence-corrected chi connectivity index (χ2v) is 7.38. The molecule has 0 unspecified atom stereocenters. The lowest BCUT2D eigenvalue weighted by Gasteiger charge is -2.15. The fourth-order valence-corrected chi connectivity index (χ4v) is 3.71. The summed E-state index contributed by atoms with van der Waals surface area (Å²) >= 11 is 0. The number of ether oxygens (including phenoxy) is 1. The smallest absolute Gasteiger partial charge is 0.339 e. The van der Waals surface area contributed by atoms with Gasteiger partial charge in [0.2, 0.25) is 0 Å². The summed E-state index contributed by atoms with van der Waals surface area (Å²) in [6, 6.07) is 11.8. The van der Waals surface area contributed by atoms with Crippen LogP contribution in [0.15, 0.2) is 42.5 Å². The van der Waals surface area contributed by atoms with Crippen LogP contribution >= 0.6 is 0 Å². The summed E-state index contributed by atoms with van der Waals surface area (Å²) in [5.41, 5.74) is 3.17. The molecular weight excluding hydrogens is 410 g/mol. The van der Waals surface area contributed by atoms with Crippen molar-refractivity contribution in [3.63, 3.8) is 0 Å². The van der Waals surface area contributed by atoms with Gasteiger partial charge in [-0.25, -0.2) is 4.79 Å². The number of esters is 1. The second kappa shape index (κ2) is 10.00. The molecule has 2 aromatic carbocycles. The summed E-state index contributed by atoms with van der Waals surface area (Å²) in [5.74, 6) is -1.27. The number of benzene rings is 2. The number of hydrogen-bond donors (Lipinski definition) is 1. The highest BCUT2D eigenvalue weighted by Gasteiger charge is 2.22. The zero-order valence-corrected chi connectivity index (χ0v) is 18.3. The number of anilines is 1. The first-order valence-electron chi connectivity index (χ1n) is 10.5. The summed E-state index contributed by atoms with van der Waals surface area (Å²) in [6.45, 7) is 5.09. The zero-order valence-electron chi connectivity index (χ0n) is 18.3. The fourth-order valence-electron chi connectivity index (χ4n) is 3.71. The Morgan fingerprint density at radius 3 is 2.56 bits per heavy atom. The predicted octanol–water partition coefficient (Wildman–Crippen LogP) is 4.76. The molecule has 32 heavy (non-hydrogen) atoms. The number of nitrogens with one attached hydrogen (secondary N) is 1. The molecule has 0 aliphatic carbocycles. The third-order valence-electron chi connectivity index (χ3n) is 5.17. The van der Waals surface area contributed by atoms with Gasteiger partial charge in [-0.2, -0.15) is 0 Å². The molecule has 1 amide bonds. The fraction of sp³-hybridized carbons (Fsp3) is 0.292. The minimum atomic E-state index is -0.652. The van der Waals surface area contributed by atoms with Gasteiger partial charge in [0.25, 0.3) is 11.6 Å². The molecule has 8 heteroatoms. The van der Waals surface area contributed by atoms with E-state index in [2.05, 4.69) is 5.32 Å². The van der Waals surface area contributed by atoms with Crippen molar-refractivity contribution in [3.05, 3.63) is 75.0 Å². The van der Waals surface area contributed by atoms with E-state index in [0.29, 0.717) is 28.5 Å². The van der Waals surface area contributed by atoms with Gasteiger partial charge < -0.3 is 10.1 Å². The number of nitro benzene ring substituents is 1. The Hall–Kier alpha value is -3.81. The molecule has 3 aromatic rings. The first kappa shape index (κ1) is 22.9. The summed E-state index contributed by atoms with van der Waals surface area (Å²) in [5, 5.41) is 14.4. The minimum absolute atomic E-state index is 0.0902. The molecule has 0 saturated carbocycles. The average molecular weight is 435 g/mol. The number of nitrogens with zero attached hydrogens (tertiary/aromatic N) is 2. The van der Waals surface area contributed by atoms with Gasteiger partial charge in [0.05, 0.1) is 16.0 Å². The summed E-state index contributed by atoms with van der Waals surface area (Å²) in [6.07, 6.45) is 2.20. The first-order chi connectivity index (χ1) is 15.4. The molecule has 8 nitrogen and oxygen atoms in total. The topological polar surface area (TPSA) is 111 Å². The standard InChI is InChI=1S/C24H25N3O5/c1-4-9-18-16(5-2)22(17-11-6-7-12-19(17)25-18)24(29)32-14-21(28)26-23-15(3)10-8-13-20(23)27(30)31/h6-8,10-13H,4-5,9,14H2,1-3H3,(H,26,28). The molecule has 1 aromatic heterocycles. The van der Waals surface area contributed by atoms with Crippen LogP contribution in [0.2, 0.25) is 0 Å². The van der Waals surface area contributed by atoms with Crippen LogP contribution in [0.4, 0.5) is 11.4 Å². The van der Waals surface area contributed by atoms with Crippen molar-refractivity contribution in [2.75, 3.05) is 11.9 Å². The van der Waals surface area contributed by atoms with Crippen LogP contribution in [0.3, 0.4) is 0 Å². The van der Waals surface area contributed by atoms with Crippen LogP contribution in [-0.4, -0.2) is 28.4 Å². The third kappa shape index (κ3) is 4.74. The van der Waals surface area contributed by atoms with Crippen molar-refractivity contribution in [2.24, 2.45) is 0 Å². The molecule has 0 atom stereocenters. The summed E-state index contributed by atoms with van der Waals surface area (Å²) in [7, 11) is 0. The zero-order chi connectivity index (χ0) is 23.3. The van der Waals surface area contributed by atoms with Crippen LogP contribution in [0, 0.1) is 17.0 Å². The SMILES string of the molecule is CCCc1nc2ccccc2c(C(=O)OCC(=O)Nc2c(C)cccc2[N+](=O)[O-])c1CC. The van der Waals surface area contributed by atoms with Crippen LogP contribution in [0.5, 0.6) is 0 Å². The highest BCUT2D eigenvalue weighted by atomic mass is 16.6. The van der Waals surface area contributed by atoms with Crippen LogP contribution in [-0.2, 0) is 22.4 Å². The molecule has 1 heterocycles. The quantitative estimate of drug-likeness (QED) is 0.310. The third-order valence-corrected chi connectivity index (χ3v) is 5.17. The number of carbonyl (C=O) groups is 2. The van der Waals surface area contributed by atoms with Crippen LogP contribution in [0.1, 0.15) is 47.4 Å². The predicted molar refractivity (Wildman–Crippen MR) is 122 cm³/mol. The van der Waals surface area contributed by atoms with Gasteiger partial charge in [-0.15, -0.1) is 0 Å². The van der Waals surface area contributed by atoms with Crippen molar-refractivity contribution in [3.8, 4) is 0 Å². The van der Waals surface area contributed by atoms with Gasteiger partial charge in [0.15, 0.2) is 6.61 Å². The largest absolute Gasteiger partial charge is 0.452 e. The lowest BCUT2D eigenvalue weighted by molar-refractivity contribution is -0.384. The molecule has 166 valence electrons. The number of aryl methyl sites for hydroxylation is 2. The molecule has 1 N–H and O–H groups in total. The van der Waals surface area contributed by atoms with Crippen molar-refractivity contribution in [2.45, 2.75) is 40.0 Å². The van der Waals surface area contributed by atoms with Crippen molar-refractivity contribution in [1.29, 1.82) is 0 Å². The maximum atomic E-state index is 13.1. The Morgan fingerprint density at radius 1 is 1.12 bits per heavy atom. The number of nitro groups is 1. The van der Waals surface area contributed by atoms with Gasteiger partial charge >= 0.3 is 5.97 Å². The number of pyridine rings is 1. The molecular formula is C24H25N3O5. The monoisotopic (exact) mass is 435 g/mol. The molecule has 0 bridgehead atoms. The number of hydrogen-bond acceptors (Lipinski definition) is 6. The van der Waals surface area contributed by atoms with Gasteiger partial charge in [0.1, 0.15) is 5.69 Å². The van der Waals surface area contributed by atoms with Crippen molar-refractivity contribution < 1.29 is 19.2 Å². The maximum Gasteiger partial charge on any atom is 0.339 e. The number of fused-ring (bicyclic) bond motifs is 1. The van der Waals surface area contributed by atoms with E-state index in [9.17, 15) is 19.7 Å².